The highest BCUT2D eigenvalue weighted by Crippen LogP contribution is 2.22. The normalized spacial score (nSPS) is 11.0. The summed E-state index contributed by atoms with van der Waals surface area (Å²) in [5.74, 6) is 0.824. The summed E-state index contributed by atoms with van der Waals surface area (Å²) in [5, 5.41) is 0. The van der Waals surface area contributed by atoms with Gasteiger partial charge in [0.2, 0.25) is 0 Å². The van der Waals surface area contributed by atoms with Crippen LogP contribution >= 0.6 is 15.9 Å². The highest BCUT2D eigenvalue weighted by molar-refractivity contribution is 9.10. The van der Waals surface area contributed by atoms with Crippen LogP contribution < -0.4 is 5.56 Å². The van der Waals surface area contributed by atoms with Crippen LogP contribution in [0.5, 0.6) is 0 Å². The second kappa shape index (κ2) is 5.70. The van der Waals surface area contributed by atoms with Crippen LogP contribution in [0.15, 0.2) is 33.5 Å². The van der Waals surface area contributed by atoms with Crippen LogP contribution in [-0.2, 0) is 6.42 Å². The second-order valence-electron chi connectivity index (χ2n) is 4.82. The molecule has 0 saturated heterocycles. The van der Waals surface area contributed by atoms with Crippen LogP contribution in [0.25, 0.3) is 11.4 Å². The first-order chi connectivity index (χ1) is 9.02. The fourth-order valence-corrected chi connectivity index (χ4v) is 2.54. The molecule has 0 atom stereocenters. The Morgan fingerprint density at radius 3 is 2.42 bits per heavy atom. The Balaban J connectivity index is 2.53. The summed E-state index contributed by atoms with van der Waals surface area (Å²) < 4.78 is 0.524. The van der Waals surface area contributed by atoms with E-state index in [0.29, 0.717) is 10.3 Å². The van der Waals surface area contributed by atoms with Crippen LogP contribution in [0.1, 0.15) is 37.9 Å². The highest BCUT2D eigenvalue weighted by atomic mass is 79.9. The largest absolute Gasteiger partial charge is 0.306 e. The number of aryl methyl sites for hydroxylation is 1. The van der Waals surface area contributed by atoms with Crippen molar-refractivity contribution in [2.24, 2.45) is 0 Å². The zero-order chi connectivity index (χ0) is 14.0. The Bertz CT molecular complexity index is 630. The Labute approximate surface area is 121 Å². The zero-order valence-electron chi connectivity index (χ0n) is 11.3. The van der Waals surface area contributed by atoms with Gasteiger partial charge in [-0.3, -0.25) is 4.79 Å². The summed E-state index contributed by atoms with van der Waals surface area (Å²) >= 11 is 3.30. The highest BCUT2D eigenvalue weighted by Gasteiger charge is 2.13. The molecule has 1 aromatic carbocycles. The Morgan fingerprint density at radius 1 is 1.26 bits per heavy atom. The minimum atomic E-state index is -0.131. The van der Waals surface area contributed by atoms with Crippen molar-refractivity contribution in [2.75, 3.05) is 0 Å². The topological polar surface area (TPSA) is 45.8 Å². The molecule has 0 fully saturated rings. The van der Waals surface area contributed by atoms with Gasteiger partial charge in [0, 0.05) is 5.56 Å². The molecule has 1 N–H and O–H groups in total. The maximum absolute atomic E-state index is 11.9. The summed E-state index contributed by atoms with van der Waals surface area (Å²) in [7, 11) is 0. The van der Waals surface area contributed by atoms with Gasteiger partial charge in [-0.25, -0.2) is 4.98 Å². The van der Waals surface area contributed by atoms with Gasteiger partial charge >= 0.3 is 0 Å². The Kier molecular flexibility index (Phi) is 4.20. The summed E-state index contributed by atoms with van der Waals surface area (Å²) in [6.45, 7) is 6.17. The number of aromatic nitrogens is 2. The van der Waals surface area contributed by atoms with Crippen molar-refractivity contribution in [1.82, 2.24) is 9.97 Å². The van der Waals surface area contributed by atoms with Crippen molar-refractivity contribution in [1.29, 1.82) is 0 Å². The molecule has 2 rings (SSSR count). The third kappa shape index (κ3) is 2.95. The van der Waals surface area contributed by atoms with E-state index in [1.807, 2.05) is 26.0 Å². The van der Waals surface area contributed by atoms with Gasteiger partial charge in [-0.15, -0.1) is 0 Å². The molecule has 0 amide bonds. The quantitative estimate of drug-likeness (QED) is 0.932. The monoisotopic (exact) mass is 320 g/mol. The molecule has 0 spiro atoms. The molecule has 0 saturated carbocycles. The number of benzene rings is 1. The number of hydrogen-bond acceptors (Lipinski definition) is 2. The van der Waals surface area contributed by atoms with Gasteiger partial charge in [0.1, 0.15) is 10.3 Å². The van der Waals surface area contributed by atoms with Gasteiger partial charge in [-0.1, -0.05) is 45.0 Å². The van der Waals surface area contributed by atoms with Gasteiger partial charge in [0.05, 0.1) is 5.69 Å². The van der Waals surface area contributed by atoms with E-state index in [4.69, 9.17) is 0 Å². The van der Waals surface area contributed by atoms with Gasteiger partial charge in [-0.05, 0) is 33.8 Å². The number of nitrogens with one attached hydrogen (secondary N) is 1. The number of rotatable bonds is 3. The molecule has 4 heteroatoms. The van der Waals surface area contributed by atoms with E-state index < -0.39 is 0 Å². The molecular formula is C15H17BrN2O. The van der Waals surface area contributed by atoms with Crippen LogP contribution in [0.2, 0.25) is 0 Å². The van der Waals surface area contributed by atoms with Crippen LogP contribution in [0.3, 0.4) is 0 Å². The number of aromatic amines is 1. The SMILES string of the molecule is CCc1ccc(-c2nc(C(C)C)c(Br)c(=O)[nH]2)cc1. The first kappa shape index (κ1) is 14.0. The number of H-pyrrole nitrogens is 1. The first-order valence-electron chi connectivity index (χ1n) is 6.42. The average Bonchev–Trinajstić information content (AvgIpc) is 2.41. The van der Waals surface area contributed by atoms with Crippen LogP contribution in [-0.4, -0.2) is 9.97 Å². The Hall–Kier alpha value is -1.42. The molecule has 0 aliphatic carbocycles. The molecule has 0 bridgehead atoms. The lowest BCUT2D eigenvalue weighted by atomic mass is 10.1. The standard InChI is InChI=1S/C15H17BrN2O/c1-4-10-5-7-11(8-6-10)14-17-13(9(2)3)12(16)15(19)18-14/h5-9H,4H2,1-3H3,(H,17,18,19). The first-order valence-corrected chi connectivity index (χ1v) is 7.21. The van der Waals surface area contributed by atoms with Gasteiger partial charge in [-0.2, -0.15) is 0 Å². The lowest BCUT2D eigenvalue weighted by Crippen LogP contribution is -2.14. The minimum absolute atomic E-state index is 0.131. The molecule has 0 unspecified atom stereocenters. The lowest BCUT2D eigenvalue weighted by molar-refractivity contribution is 0.803. The summed E-state index contributed by atoms with van der Waals surface area (Å²) in [6, 6.07) is 8.11. The summed E-state index contributed by atoms with van der Waals surface area (Å²) in [6.07, 6.45) is 1.00. The van der Waals surface area contributed by atoms with Crippen molar-refractivity contribution < 1.29 is 0 Å². The van der Waals surface area contributed by atoms with Crippen LogP contribution in [0.4, 0.5) is 0 Å². The predicted octanol–water partition coefficient (Wildman–Crippen LogP) is 3.89. The van der Waals surface area contributed by atoms with Gasteiger partial charge in [0.25, 0.3) is 5.56 Å². The Morgan fingerprint density at radius 2 is 1.89 bits per heavy atom. The zero-order valence-corrected chi connectivity index (χ0v) is 12.9. The van der Waals surface area contributed by atoms with E-state index in [2.05, 4.69) is 45.0 Å². The fraction of sp³-hybridized carbons (Fsp3) is 0.333. The van der Waals surface area contributed by atoms with E-state index in [-0.39, 0.29) is 11.5 Å². The maximum atomic E-state index is 11.9. The smallest absolute Gasteiger partial charge is 0.265 e. The molecule has 0 aliphatic rings. The summed E-state index contributed by atoms with van der Waals surface area (Å²) in [4.78, 5) is 19.3. The van der Waals surface area contributed by atoms with Crippen molar-refractivity contribution in [3.8, 4) is 11.4 Å². The molecule has 1 aromatic heterocycles. The minimum Gasteiger partial charge on any atom is -0.306 e. The van der Waals surface area contributed by atoms with Crippen molar-refractivity contribution in [3.63, 3.8) is 0 Å². The van der Waals surface area contributed by atoms with E-state index >= 15 is 0 Å². The average molecular weight is 321 g/mol. The van der Waals surface area contributed by atoms with Gasteiger partial charge in [0.15, 0.2) is 0 Å². The van der Waals surface area contributed by atoms with Crippen molar-refractivity contribution in [3.05, 3.63) is 50.3 Å². The van der Waals surface area contributed by atoms with Crippen LogP contribution in [0, 0.1) is 0 Å². The molecule has 100 valence electrons. The summed E-state index contributed by atoms with van der Waals surface area (Å²) in [5.41, 5.74) is 2.86. The number of nitrogens with zero attached hydrogens (tertiary/aromatic N) is 1. The van der Waals surface area contributed by atoms with Crippen molar-refractivity contribution in [2.45, 2.75) is 33.1 Å². The van der Waals surface area contributed by atoms with Crippen molar-refractivity contribution >= 4 is 15.9 Å². The predicted molar refractivity (Wildman–Crippen MR) is 81.5 cm³/mol. The lowest BCUT2D eigenvalue weighted by Gasteiger charge is -2.09. The molecule has 2 aromatic rings. The number of hydrogen-bond donors (Lipinski definition) is 1. The maximum Gasteiger partial charge on any atom is 0.265 e. The third-order valence-electron chi connectivity index (χ3n) is 3.07. The van der Waals surface area contributed by atoms with E-state index in [0.717, 1.165) is 17.7 Å². The molecular weight excluding hydrogens is 304 g/mol. The number of halogens is 1. The second-order valence-corrected chi connectivity index (χ2v) is 5.61. The molecule has 19 heavy (non-hydrogen) atoms. The molecule has 0 radical (unpaired) electrons. The molecule has 1 heterocycles. The van der Waals surface area contributed by atoms with Gasteiger partial charge < -0.3 is 4.98 Å². The third-order valence-corrected chi connectivity index (χ3v) is 3.84. The van der Waals surface area contributed by atoms with E-state index in [1.165, 1.54) is 5.56 Å². The van der Waals surface area contributed by atoms with E-state index in [1.54, 1.807) is 0 Å². The molecule has 0 aliphatic heterocycles. The van der Waals surface area contributed by atoms with E-state index in [9.17, 15) is 4.79 Å². The molecule has 3 nitrogen and oxygen atoms in total. The fourth-order valence-electron chi connectivity index (χ4n) is 1.89.